The molecule has 4 heteroatoms. The first kappa shape index (κ1) is 13.9. The molecule has 4 nitrogen and oxygen atoms in total. The highest BCUT2D eigenvalue weighted by Gasteiger charge is 2.23. The number of carbonyl (C=O) groups is 1. The van der Waals surface area contributed by atoms with Crippen molar-refractivity contribution in [3.63, 3.8) is 0 Å². The maximum Gasteiger partial charge on any atom is 0.234 e. The first-order valence-electron chi connectivity index (χ1n) is 6.70. The van der Waals surface area contributed by atoms with Gasteiger partial charge in [0.2, 0.25) is 5.91 Å². The van der Waals surface area contributed by atoms with Crippen LogP contribution in [0.5, 0.6) is 5.75 Å². The topological polar surface area (TPSA) is 41.6 Å². The molecular weight excluding hydrogens is 240 g/mol. The molecular formula is C15H22N2O2. The van der Waals surface area contributed by atoms with E-state index < -0.39 is 0 Å². The lowest BCUT2D eigenvalue weighted by Crippen LogP contribution is -2.35. The highest BCUT2D eigenvalue weighted by molar-refractivity contribution is 5.78. The number of aryl methyl sites for hydroxylation is 1. The molecule has 2 rings (SSSR count). The van der Waals surface area contributed by atoms with E-state index >= 15 is 0 Å². The lowest BCUT2D eigenvalue weighted by molar-refractivity contribution is -0.122. The highest BCUT2D eigenvalue weighted by Crippen LogP contribution is 2.20. The van der Waals surface area contributed by atoms with Crippen molar-refractivity contribution in [3.8, 4) is 5.75 Å². The molecule has 1 N–H and O–H groups in total. The number of likely N-dealkylation sites (N-methyl/N-ethyl adjacent to an activating group) is 1. The Kier molecular flexibility index (Phi) is 4.43. The van der Waals surface area contributed by atoms with Gasteiger partial charge in [-0.15, -0.1) is 0 Å². The minimum absolute atomic E-state index is 0.121. The largest absolute Gasteiger partial charge is 0.496 e. The summed E-state index contributed by atoms with van der Waals surface area (Å²) >= 11 is 0. The van der Waals surface area contributed by atoms with Crippen LogP contribution in [0.15, 0.2) is 18.2 Å². The Labute approximate surface area is 114 Å². The van der Waals surface area contributed by atoms with Crippen LogP contribution in [0.2, 0.25) is 0 Å². The lowest BCUT2D eigenvalue weighted by Gasteiger charge is -2.17. The van der Waals surface area contributed by atoms with Crippen LogP contribution in [0.25, 0.3) is 0 Å². The van der Waals surface area contributed by atoms with Crippen LogP contribution in [-0.2, 0) is 11.3 Å². The SMILES string of the molecule is COc1ccc(CN(C)CC(=O)NC2CC2)cc1C. The molecule has 0 unspecified atom stereocenters. The molecule has 1 aliphatic carbocycles. The number of methoxy groups -OCH3 is 1. The number of nitrogens with one attached hydrogen (secondary N) is 1. The van der Waals surface area contributed by atoms with Gasteiger partial charge in [0.25, 0.3) is 0 Å². The smallest absolute Gasteiger partial charge is 0.234 e. The Bertz CT molecular complexity index is 455. The van der Waals surface area contributed by atoms with Gasteiger partial charge in [0, 0.05) is 12.6 Å². The zero-order chi connectivity index (χ0) is 13.8. The van der Waals surface area contributed by atoms with Crippen molar-refractivity contribution in [2.24, 2.45) is 0 Å². The standard InChI is InChI=1S/C15H22N2O2/c1-11-8-12(4-7-14(11)19-3)9-17(2)10-15(18)16-13-5-6-13/h4,7-8,13H,5-6,9-10H2,1-3H3,(H,16,18). The number of rotatable bonds is 6. The average Bonchev–Trinajstić information content (AvgIpc) is 3.12. The van der Waals surface area contributed by atoms with Crippen molar-refractivity contribution in [2.75, 3.05) is 20.7 Å². The van der Waals surface area contributed by atoms with Gasteiger partial charge in [-0.05, 0) is 44.0 Å². The van der Waals surface area contributed by atoms with E-state index in [1.165, 1.54) is 5.56 Å². The van der Waals surface area contributed by atoms with Crippen LogP contribution in [0.3, 0.4) is 0 Å². The van der Waals surface area contributed by atoms with Crippen LogP contribution < -0.4 is 10.1 Å². The number of carbonyl (C=O) groups excluding carboxylic acids is 1. The first-order valence-corrected chi connectivity index (χ1v) is 6.70. The van der Waals surface area contributed by atoms with Gasteiger partial charge in [0.05, 0.1) is 13.7 Å². The molecule has 1 saturated carbocycles. The molecule has 0 saturated heterocycles. The summed E-state index contributed by atoms with van der Waals surface area (Å²) in [5.74, 6) is 1.02. The van der Waals surface area contributed by atoms with Gasteiger partial charge in [-0.2, -0.15) is 0 Å². The predicted octanol–water partition coefficient (Wildman–Crippen LogP) is 1.71. The molecule has 1 aromatic carbocycles. The molecule has 104 valence electrons. The van der Waals surface area contributed by atoms with Gasteiger partial charge in [-0.25, -0.2) is 0 Å². The third-order valence-electron chi connectivity index (χ3n) is 3.27. The second-order valence-corrected chi connectivity index (χ2v) is 5.32. The summed E-state index contributed by atoms with van der Waals surface area (Å²) in [6.07, 6.45) is 2.26. The molecule has 0 radical (unpaired) electrons. The van der Waals surface area contributed by atoms with Crippen molar-refractivity contribution >= 4 is 5.91 Å². The molecule has 0 bridgehead atoms. The van der Waals surface area contributed by atoms with Crippen LogP contribution in [0.1, 0.15) is 24.0 Å². The average molecular weight is 262 g/mol. The number of amides is 1. The first-order chi connectivity index (χ1) is 9.08. The van der Waals surface area contributed by atoms with Gasteiger partial charge in [-0.3, -0.25) is 9.69 Å². The van der Waals surface area contributed by atoms with E-state index in [1.807, 2.05) is 31.0 Å². The zero-order valence-corrected chi connectivity index (χ0v) is 11.9. The number of hydrogen-bond acceptors (Lipinski definition) is 3. The molecule has 0 heterocycles. The third kappa shape index (κ3) is 4.24. The normalized spacial score (nSPS) is 14.5. The van der Waals surface area contributed by atoms with E-state index in [1.54, 1.807) is 7.11 Å². The van der Waals surface area contributed by atoms with E-state index in [2.05, 4.69) is 11.4 Å². The summed E-state index contributed by atoms with van der Waals surface area (Å²) in [6, 6.07) is 6.56. The molecule has 0 atom stereocenters. The second kappa shape index (κ2) is 6.06. The molecule has 0 aromatic heterocycles. The number of ether oxygens (including phenoxy) is 1. The quantitative estimate of drug-likeness (QED) is 0.848. The minimum atomic E-state index is 0.121. The van der Waals surface area contributed by atoms with E-state index in [0.29, 0.717) is 12.6 Å². The molecule has 19 heavy (non-hydrogen) atoms. The van der Waals surface area contributed by atoms with Crippen LogP contribution in [0.4, 0.5) is 0 Å². The molecule has 1 aromatic rings. The van der Waals surface area contributed by atoms with Gasteiger partial charge in [-0.1, -0.05) is 12.1 Å². The Morgan fingerprint density at radius 2 is 2.21 bits per heavy atom. The maximum absolute atomic E-state index is 11.7. The molecule has 0 spiro atoms. The maximum atomic E-state index is 11.7. The monoisotopic (exact) mass is 262 g/mol. The van der Waals surface area contributed by atoms with E-state index in [9.17, 15) is 4.79 Å². The highest BCUT2D eigenvalue weighted by atomic mass is 16.5. The third-order valence-corrected chi connectivity index (χ3v) is 3.27. The molecule has 1 fully saturated rings. The van der Waals surface area contributed by atoms with Gasteiger partial charge in [0.15, 0.2) is 0 Å². The second-order valence-electron chi connectivity index (χ2n) is 5.32. The summed E-state index contributed by atoms with van der Waals surface area (Å²) in [5.41, 5.74) is 2.32. The van der Waals surface area contributed by atoms with Crippen molar-refractivity contribution in [1.29, 1.82) is 0 Å². The summed E-state index contributed by atoms with van der Waals surface area (Å²) in [6.45, 7) is 3.24. The van der Waals surface area contributed by atoms with E-state index in [4.69, 9.17) is 4.74 Å². The van der Waals surface area contributed by atoms with Crippen LogP contribution in [0, 0.1) is 6.92 Å². The van der Waals surface area contributed by atoms with E-state index in [-0.39, 0.29) is 5.91 Å². The summed E-state index contributed by atoms with van der Waals surface area (Å²) in [5, 5.41) is 3.00. The van der Waals surface area contributed by atoms with Gasteiger partial charge in [0.1, 0.15) is 5.75 Å². The number of nitrogens with zero attached hydrogens (tertiary/aromatic N) is 1. The van der Waals surface area contributed by atoms with Crippen LogP contribution >= 0.6 is 0 Å². The van der Waals surface area contributed by atoms with Crippen LogP contribution in [-0.4, -0.2) is 37.6 Å². The summed E-state index contributed by atoms with van der Waals surface area (Å²) in [4.78, 5) is 13.7. The Balaban J connectivity index is 1.85. The van der Waals surface area contributed by atoms with Gasteiger partial charge < -0.3 is 10.1 Å². The van der Waals surface area contributed by atoms with Crippen molar-refractivity contribution in [1.82, 2.24) is 10.2 Å². The van der Waals surface area contributed by atoms with Crippen molar-refractivity contribution < 1.29 is 9.53 Å². The summed E-state index contributed by atoms with van der Waals surface area (Å²) in [7, 11) is 3.64. The number of hydrogen-bond donors (Lipinski definition) is 1. The lowest BCUT2D eigenvalue weighted by atomic mass is 10.1. The fourth-order valence-corrected chi connectivity index (χ4v) is 2.15. The number of benzene rings is 1. The zero-order valence-electron chi connectivity index (χ0n) is 11.9. The Hall–Kier alpha value is -1.55. The predicted molar refractivity (Wildman–Crippen MR) is 75.2 cm³/mol. The molecule has 0 aliphatic heterocycles. The minimum Gasteiger partial charge on any atom is -0.496 e. The fraction of sp³-hybridized carbons (Fsp3) is 0.533. The van der Waals surface area contributed by atoms with Crippen molar-refractivity contribution in [2.45, 2.75) is 32.4 Å². The summed E-state index contributed by atoms with van der Waals surface area (Å²) < 4.78 is 5.24. The molecule has 1 amide bonds. The van der Waals surface area contributed by atoms with E-state index in [0.717, 1.165) is 30.7 Å². The Morgan fingerprint density at radius 1 is 1.47 bits per heavy atom. The molecule has 1 aliphatic rings. The van der Waals surface area contributed by atoms with Crippen molar-refractivity contribution in [3.05, 3.63) is 29.3 Å². The van der Waals surface area contributed by atoms with Gasteiger partial charge >= 0.3 is 0 Å². The Morgan fingerprint density at radius 3 is 2.79 bits per heavy atom. The fourth-order valence-electron chi connectivity index (χ4n) is 2.15.